The molecular weight excluding hydrogens is 466 g/mol. The number of piperidine rings is 1. The molecule has 7 heteroatoms. The van der Waals surface area contributed by atoms with Crippen LogP contribution in [0.3, 0.4) is 0 Å². The fraction of sp³-hybridized carbons (Fsp3) is 0.500. The van der Waals surface area contributed by atoms with E-state index in [1.54, 1.807) is 4.90 Å². The summed E-state index contributed by atoms with van der Waals surface area (Å²) in [5.41, 5.74) is 2.96. The summed E-state index contributed by atoms with van der Waals surface area (Å²) in [6.45, 7) is 3.70. The molecule has 2 aromatic rings. The van der Waals surface area contributed by atoms with Gasteiger partial charge in [0.25, 0.3) is 5.91 Å². The minimum absolute atomic E-state index is 0.145. The molecule has 6 rings (SSSR count). The molecule has 3 heterocycles. The Morgan fingerprint density at radius 2 is 1.78 bits per heavy atom. The zero-order valence-corrected chi connectivity index (χ0v) is 21.2. The van der Waals surface area contributed by atoms with Crippen LogP contribution in [-0.2, 0) is 16.1 Å². The van der Waals surface area contributed by atoms with Crippen molar-refractivity contribution in [1.29, 1.82) is 0 Å². The number of ether oxygens (including phenoxy) is 1. The third-order valence-corrected chi connectivity index (χ3v) is 8.66. The summed E-state index contributed by atoms with van der Waals surface area (Å²) in [4.78, 5) is 41.1. The van der Waals surface area contributed by atoms with E-state index in [0.29, 0.717) is 30.4 Å². The lowest BCUT2D eigenvalue weighted by Gasteiger charge is -2.34. The summed E-state index contributed by atoms with van der Waals surface area (Å²) in [6.07, 6.45) is 6.69. The standard InChI is InChI=1S/C30H35N3O4/c34-28-13-12-26(29(35)31-28)33-19-23-16-24(10-11-25(23)30(33)36)37-27-9-5-4-8-22(27)18-32-15-14-21(17-32)20-6-2-1-3-7-20/h1-3,6-7,10-11,16,21-22,26-27H,4-5,8-9,12-15,17-19H2,(H,31,34,35)/t21?,22-,26?,27+/m1/s1. The fourth-order valence-electron chi connectivity index (χ4n) is 6.66. The molecule has 2 unspecified atom stereocenters. The Labute approximate surface area is 218 Å². The van der Waals surface area contributed by atoms with Crippen molar-refractivity contribution in [2.24, 2.45) is 5.92 Å². The first-order valence-electron chi connectivity index (χ1n) is 13.8. The summed E-state index contributed by atoms with van der Waals surface area (Å²) in [5, 5.41) is 2.36. The number of amides is 3. The molecule has 1 saturated carbocycles. The molecule has 0 spiro atoms. The Morgan fingerprint density at radius 3 is 2.62 bits per heavy atom. The highest BCUT2D eigenvalue weighted by Gasteiger charge is 2.39. The van der Waals surface area contributed by atoms with Gasteiger partial charge in [-0.3, -0.25) is 19.7 Å². The molecule has 3 amide bonds. The van der Waals surface area contributed by atoms with Crippen LogP contribution in [0.25, 0.3) is 0 Å². The zero-order valence-electron chi connectivity index (χ0n) is 21.2. The van der Waals surface area contributed by atoms with Crippen LogP contribution in [0, 0.1) is 5.92 Å². The largest absolute Gasteiger partial charge is 0.490 e. The number of hydrogen-bond acceptors (Lipinski definition) is 5. The van der Waals surface area contributed by atoms with Crippen LogP contribution in [0.15, 0.2) is 48.5 Å². The molecule has 3 aliphatic heterocycles. The minimum atomic E-state index is -0.593. The van der Waals surface area contributed by atoms with E-state index in [1.807, 2.05) is 18.2 Å². The number of imide groups is 1. The summed E-state index contributed by atoms with van der Waals surface area (Å²) in [7, 11) is 0. The number of benzene rings is 2. The van der Waals surface area contributed by atoms with E-state index < -0.39 is 6.04 Å². The third kappa shape index (κ3) is 5.01. The highest BCUT2D eigenvalue weighted by Crippen LogP contribution is 2.35. The van der Waals surface area contributed by atoms with E-state index in [2.05, 4.69) is 40.5 Å². The maximum absolute atomic E-state index is 13.0. The van der Waals surface area contributed by atoms with Gasteiger partial charge >= 0.3 is 0 Å². The lowest BCUT2D eigenvalue weighted by atomic mass is 9.86. The van der Waals surface area contributed by atoms with Gasteiger partial charge in [-0.1, -0.05) is 36.8 Å². The molecule has 0 aromatic heterocycles. The maximum Gasteiger partial charge on any atom is 0.255 e. The van der Waals surface area contributed by atoms with Crippen LogP contribution in [0.4, 0.5) is 0 Å². The van der Waals surface area contributed by atoms with Crippen molar-refractivity contribution in [1.82, 2.24) is 15.1 Å². The van der Waals surface area contributed by atoms with Crippen molar-refractivity contribution in [2.45, 2.75) is 69.6 Å². The summed E-state index contributed by atoms with van der Waals surface area (Å²) in [6, 6.07) is 16.0. The number of likely N-dealkylation sites (tertiary alicyclic amines) is 1. The Hall–Kier alpha value is -3.19. The number of fused-ring (bicyclic) bond motifs is 1. The molecule has 2 aromatic carbocycles. The predicted molar refractivity (Wildman–Crippen MR) is 139 cm³/mol. The second kappa shape index (κ2) is 10.3. The lowest BCUT2D eigenvalue weighted by molar-refractivity contribution is -0.136. The topological polar surface area (TPSA) is 79.0 Å². The average molecular weight is 502 g/mol. The Balaban J connectivity index is 1.10. The van der Waals surface area contributed by atoms with Crippen molar-refractivity contribution < 1.29 is 19.1 Å². The van der Waals surface area contributed by atoms with E-state index >= 15 is 0 Å². The lowest BCUT2D eigenvalue weighted by Crippen LogP contribution is -2.52. The van der Waals surface area contributed by atoms with Gasteiger partial charge in [-0.2, -0.15) is 0 Å². The van der Waals surface area contributed by atoms with Gasteiger partial charge in [0, 0.05) is 37.5 Å². The predicted octanol–water partition coefficient (Wildman–Crippen LogP) is 3.87. The summed E-state index contributed by atoms with van der Waals surface area (Å²) in [5.74, 6) is 1.12. The first-order chi connectivity index (χ1) is 18.0. The molecule has 1 aliphatic carbocycles. The van der Waals surface area contributed by atoms with Crippen molar-refractivity contribution in [2.75, 3.05) is 19.6 Å². The quantitative estimate of drug-likeness (QED) is 0.608. The Kier molecular flexibility index (Phi) is 6.72. The third-order valence-electron chi connectivity index (χ3n) is 8.66. The fourth-order valence-corrected chi connectivity index (χ4v) is 6.66. The SMILES string of the molecule is O=C1CCC(N2Cc3cc(O[C@H]4CCCC[C@@H]4CN4CCC(c5ccccc5)C4)ccc3C2=O)C(=O)N1. The van der Waals surface area contributed by atoms with Gasteiger partial charge in [0.2, 0.25) is 11.8 Å². The first-order valence-corrected chi connectivity index (χ1v) is 13.8. The normalized spacial score (nSPS) is 28.3. The van der Waals surface area contributed by atoms with Crippen LogP contribution in [0.2, 0.25) is 0 Å². The Bertz CT molecular complexity index is 1180. The zero-order chi connectivity index (χ0) is 25.4. The number of hydrogen-bond donors (Lipinski definition) is 1. The number of nitrogens with zero attached hydrogens (tertiary/aromatic N) is 2. The van der Waals surface area contributed by atoms with Gasteiger partial charge in [0.1, 0.15) is 17.9 Å². The molecule has 4 aliphatic rings. The average Bonchev–Trinajstić information content (AvgIpc) is 3.50. The number of nitrogens with one attached hydrogen (secondary N) is 1. The van der Waals surface area contributed by atoms with E-state index in [0.717, 1.165) is 37.4 Å². The van der Waals surface area contributed by atoms with Crippen molar-refractivity contribution in [3.8, 4) is 5.75 Å². The number of rotatable bonds is 6. The van der Waals surface area contributed by atoms with E-state index in [-0.39, 0.29) is 30.2 Å². The number of carbonyl (C=O) groups excluding carboxylic acids is 3. The molecule has 1 N–H and O–H groups in total. The molecule has 194 valence electrons. The molecule has 3 fully saturated rings. The van der Waals surface area contributed by atoms with Crippen LogP contribution in [0.1, 0.15) is 72.3 Å². The van der Waals surface area contributed by atoms with Crippen molar-refractivity contribution in [3.63, 3.8) is 0 Å². The second-order valence-corrected chi connectivity index (χ2v) is 11.1. The first kappa shape index (κ1) is 24.2. The highest BCUT2D eigenvalue weighted by atomic mass is 16.5. The Morgan fingerprint density at radius 1 is 0.946 bits per heavy atom. The van der Waals surface area contributed by atoms with Gasteiger partial charge < -0.3 is 14.5 Å². The monoisotopic (exact) mass is 501 g/mol. The van der Waals surface area contributed by atoms with Crippen LogP contribution >= 0.6 is 0 Å². The smallest absolute Gasteiger partial charge is 0.255 e. The van der Waals surface area contributed by atoms with Crippen LogP contribution in [-0.4, -0.2) is 59.3 Å². The van der Waals surface area contributed by atoms with E-state index in [4.69, 9.17) is 4.74 Å². The molecule has 2 saturated heterocycles. The van der Waals surface area contributed by atoms with Gasteiger partial charge in [-0.15, -0.1) is 0 Å². The number of carbonyl (C=O) groups is 3. The molecule has 7 nitrogen and oxygen atoms in total. The highest BCUT2D eigenvalue weighted by molar-refractivity contribution is 6.05. The molecule has 0 radical (unpaired) electrons. The summed E-state index contributed by atoms with van der Waals surface area (Å²) >= 11 is 0. The van der Waals surface area contributed by atoms with Crippen LogP contribution < -0.4 is 10.1 Å². The van der Waals surface area contributed by atoms with Crippen molar-refractivity contribution in [3.05, 3.63) is 65.2 Å². The molecular formula is C30H35N3O4. The van der Waals surface area contributed by atoms with Gasteiger partial charge in [-0.05, 0) is 73.9 Å². The van der Waals surface area contributed by atoms with Gasteiger partial charge in [0.15, 0.2) is 0 Å². The van der Waals surface area contributed by atoms with Gasteiger partial charge in [0.05, 0.1) is 0 Å². The van der Waals surface area contributed by atoms with Crippen LogP contribution in [0.5, 0.6) is 5.75 Å². The molecule has 0 bridgehead atoms. The summed E-state index contributed by atoms with van der Waals surface area (Å²) < 4.78 is 6.59. The van der Waals surface area contributed by atoms with Crippen molar-refractivity contribution >= 4 is 17.7 Å². The second-order valence-electron chi connectivity index (χ2n) is 11.1. The maximum atomic E-state index is 13.0. The van der Waals surface area contributed by atoms with E-state index in [9.17, 15) is 14.4 Å². The van der Waals surface area contributed by atoms with E-state index in [1.165, 1.54) is 31.2 Å². The molecule has 37 heavy (non-hydrogen) atoms. The van der Waals surface area contributed by atoms with Gasteiger partial charge in [-0.25, -0.2) is 0 Å². The molecule has 4 atom stereocenters. The minimum Gasteiger partial charge on any atom is -0.490 e.